The zero-order valence-electron chi connectivity index (χ0n) is 15.9. The van der Waals surface area contributed by atoms with Crippen molar-refractivity contribution < 1.29 is 9.90 Å². The smallest absolute Gasteiger partial charge is 0.207 e. The third-order valence-corrected chi connectivity index (χ3v) is 5.35. The van der Waals surface area contributed by atoms with Crippen molar-refractivity contribution in [2.24, 2.45) is 5.73 Å². The highest BCUT2D eigenvalue weighted by Gasteiger charge is 2.40. The van der Waals surface area contributed by atoms with Crippen molar-refractivity contribution in [2.45, 2.75) is 50.3 Å². The molecular formula is C21H28N4O2S. The first-order valence-corrected chi connectivity index (χ1v) is 10.1. The van der Waals surface area contributed by atoms with Gasteiger partial charge in [-0.15, -0.1) is 12.6 Å². The largest absolute Gasteiger partial charge is 0.388 e. The predicted octanol–water partition coefficient (Wildman–Crippen LogP) is 2.63. The summed E-state index contributed by atoms with van der Waals surface area (Å²) >= 11 is 4.61. The van der Waals surface area contributed by atoms with Gasteiger partial charge in [0, 0.05) is 29.1 Å². The lowest BCUT2D eigenvalue weighted by atomic mass is 10.1. The Hall–Kier alpha value is -2.09. The van der Waals surface area contributed by atoms with Crippen LogP contribution in [0.4, 0.5) is 0 Å². The van der Waals surface area contributed by atoms with Gasteiger partial charge in [0.15, 0.2) is 0 Å². The Labute approximate surface area is 170 Å². The average molecular weight is 401 g/mol. The maximum absolute atomic E-state index is 10.2. The minimum Gasteiger partial charge on any atom is -0.388 e. The molecule has 4 N–H and O–H groups in total. The molecule has 1 aromatic carbocycles. The van der Waals surface area contributed by atoms with Crippen LogP contribution in [0.5, 0.6) is 0 Å². The standard InChI is InChI=1S/C21H28N4O2S/c22-18(5-3-11-23-15-26)4-1-2-6-20(28)16-7-8-19-17(12-16)13-25(24-19)14-21(27)9-10-21/h1-2,6-8,12-13,15,18,27-28H,3-5,9-11,14,22H2,(H,23,26)/b2-1+,20-6-. The number of hydrogen-bond donors (Lipinski definition) is 4. The van der Waals surface area contributed by atoms with Crippen LogP contribution in [0, 0.1) is 0 Å². The number of hydrogen-bond acceptors (Lipinski definition) is 5. The predicted molar refractivity (Wildman–Crippen MR) is 116 cm³/mol. The Morgan fingerprint density at radius 2 is 2.29 bits per heavy atom. The number of fused-ring (bicyclic) bond motifs is 1. The van der Waals surface area contributed by atoms with Crippen LogP contribution in [0.25, 0.3) is 15.8 Å². The summed E-state index contributed by atoms with van der Waals surface area (Å²) in [7, 11) is 0. The second kappa shape index (κ2) is 9.41. The lowest BCUT2D eigenvalue weighted by molar-refractivity contribution is -0.109. The van der Waals surface area contributed by atoms with Gasteiger partial charge in [0.2, 0.25) is 6.41 Å². The molecule has 150 valence electrons. The molecule has 1 saturated carbocycles. The van der Waals surface area contributed by atoms with Crippen LogP contribution in [-0.4, -0.2) is 39.5 Å². The van der Waals surface area contributed by atoms with E-state index in [-0.39, 0.29) is 6.04 Å². The van der Waals surface area contributed by atoms with Crippen molar-refractivity contribution in [1.82, 2.24) is 15.1 Å². The molecule has 0 saturated heterocycles. The molecular weight excluding hydrogens is 372 g/mol. The number of aromatic nitrogens is 2. The van der Waals surface area contributed by atoms with Crippen LogP contribution in [-0.2, 0) is 11.3 Å². The highest BCUT2D eigenvalue weighted by Crippen LogP contribution is 2.36. The number of carbonyl (C=O) groups excluding carboxylic acids is 1. The number of thiol groups is 1. The second-order valence-corrected chi connectivity index (χ2v) is 8.00. The molecule has 6 nitrogen and oxygen atoms in total. The number of nitrogens with zero attached hydrogens (tertiary/aromatic N) is 2. The number of nitrogens with two attached hydrogens (primary N) is 1. The van der Waals surface area contributed by atoms with Gasteiger partial charge in [0.25, 0.3) is 0 Å². The maximum Gasteiger partial charge on any atom is 0.207 e. The van der Waals surface area contributed by atoms with Crippen LogP contribution < -0.4 is 11.1 Å². The Morgan fingerprint density at radius 1 is 1.46 bits per heavy atom. The van der Waals surface area contributed by atoms with Gasteiger partial charge in [-0.3, -0.25) is 9.48 Å². The topological polar surface area (TPSA) is 93.2 Å². The number of allylic oxidation sites excluding steroid dienone is 2. The molecule has 1 heterocycles. The molecule has 3 rings (SSSR count). The molecule has 7 heteroatoms. The summed E-state index contributed by atoms with van der Waals surface area (Å²) in [6, 6.07) is 6.14. The molecule has 0 bridgehead atoms. The van der Waals surface area contributed by atoms with E-state index >= 15 is 0 Å². The summed E-state index contributed by atoms with van der Waals surface area (Å²) in [6.07, 6.45) is 12.9. The number of benzene rings is 1. The van der Waals surface area contributed by atoms with Gasteiger partial charge >= 0.3 is 0 Å². The summed E-state index contributed by atoms with van der Waals surface area (Å²) in [4.78, 5) is 11.1. The van der Waals surface area contributed by atoms with Gasteiger partial charge in [-0.1, -0.05) is 18.2 Å². The quantitative estimate of drug-likeness (QED) is 0.202. The van der Waals surface area contributed by atoms with Crippen molar-refractivity contribution in [3.05, 3.63) is 48.2 Å². The van der Waals surface area contributed by atoms with Gasteiger partial charge in [-0.05, 0) is 55.9 Å². The monoisotopic (exact) mass is 400 g/mol. The first kappa shape index (κ1) is 20.6. The SMILES string of the molecule is NC(C/C=C/C=C(\S)c1ccc2nn(CC3(O)CC3)cc2c1)CCCNC=O. The van der Waals surface area contributed by atoms with Gasteiger partial charge in [-0.25, -0.2) is 0 Å². The third kappa shape index (κ3) is 5.95. The van der Waals surface area contributed by atoms with E-state index in [0.717, 1.165) is 53.5 Å². The Morgan fingerprint density at radius 3 is 3.04 bits per heavy atom. The Kier molecular flexibility index (Phi) is 6.93. The molecule has 1 aliphatic rings. The summed E-state index contributed by atoms with van der Waals surface area (Å²) in [6.45, 7) is 1.22. The second-order valence-electron chi connectivity index (χ2n) is 7.51. The molecule has 1 amide bonds. The summed E-state index contributed by atoms with van der Waals surface area (Å²) < 4.78 is 1.83. The minimum atomic E-state index is -0.559. The van der Waals surface area contributed by atoms with E-state index in [1.807, 2.05) is 41.2 Å². The lowest BCUT2D eigenvalue weighted by Crippen LogP contribution is -2.21. The fourth-order valence-electron chi connectivity index (χ4n) is 3.07. The highest BCUT2D eigenvalue weighted by atomic mass is 32.1. The summed E-state index contributed by atoms with van der Waals surface area (Å²) in [5, 5.41) is 18.3. The highest BCUT2D eigenvalue weighted by molar-refractivity contribution is 7.90. The zero-order chi connectivity index (χ0) is 20.0. The number of carbonyl (C=O) groups is 1. The van der Waals surface area contributed by atoms with E-state index in [9.17, 15) is 9.90 Å². The fraction of sp³-hybridized carbons (Fsp3) is 0.429. The van der Waals surface area contributed by atoms with Crippen molar-refractivity contribution in [3.8, 4) is 0 Å². The van der Waals surface area contributed by atoms with Gasteiger partial charge < -0.3 is 16.2 Å². The molecule has 1 unspecified atom stereocenters. The van der Waals surface area contributed by atoms with E-state index in [1.54, 1.807) is 0 Å². The average Bonchev–Trinajstić information content (AvgIpc) is 3.25. The van der Waals surface area contributed by atoms with Gasteiger partial charge in [0.05, 0.1) is 17.7 Å². The van der Waals surface area contributed by atoms with Crippen LogP contribution in [0.1, 0.15) is 37.7 Å². The summed E-state index contributed by atoms with van der Waals surface area (Å²) in [5.74, 6) is 0. The van der Waals surface area contributed by atoms with Crippen LogP contribution in [0.15, 0.2) is 42.6 Å². The van der Waals surface area contributed by atoms with Crippen molar-refractivity contribution >= 4 is 34.8 Å². The maximum atomic E-state index is 10.2. The molecule has 0 spiro atoms. The minimum absolute atomic E-state index is 0.0879. The van der Waals surface area contributed by atoms with Crippen LogP contribution in [0.2, 0.25) is 0 Å². The molecule has 1 aromatic heterocycles. The van der Waals surface area contributed by atoms with Crippen LogP contribution >= 0.6 is 12.6 Å². The fourth-order valence-corrected chi connectivity index (χ4v) is 3.30. The Bertz CT molecular complexity index is 870. The summed E-state index contributed by atoms with van der Waals surface area (Å²) in [5.41, 5.74) is 7.44. The van der Waals surface area contributed by atoms with E-state index in [0.29, 0.717) is 19.5 Å². The number of rotatable bonds is 11. The molecule has 28 heavy (non-hydrogen) atoms. The van der Waals surface area contributed by atoms with E-state index in [2.05, 4.69) is 29.1 Å². The van der Waals surface area contributed by atoms with Crippen molar-refractivity contribution in [2.75, 3.05) is 6.54 Å². The van der Waals surface area contributed by atoms with E-state index in [1.165, 1.54) is 0 Å². The van der Waals surface area contributed by atoms with Crippen molar-refractivity contribution in [1.29, 1.82) is 0 Å². The molecule has 1 fully saturated rings. The van der Waals surface area contributed by atoms with Gasteiger partial charge in [-0.2, -0.15) is 5.10 Å². The van der Waals surface area contributed by atoms with Crippen LogP contribution in [0.3, 0.4) is 0 Å². The number of amides is 1. The zero-order valence-corrected chi connectivity index (χ0v) is 16.8. The Balaban J connectivity index is 1.54. The van der Waals surface area contributed by atoms with Crippen molar-refractivity contribution in [3.63, 3.8) is 0 Å². The number of nitrogens with one attached hydrogen (secondary N) is 1. The first-order valence-electron chi connectivity index (χ1n) is 9.67. The molecule has 1 atom stereocenters. The van der Waals surface area contributed by atoms with E-state index in [4.69, 9.17) is 5.73 Å². The molecule has 0 radical (unpaired) electrons. The molecule has 0 aliphatic heterocycles. The number of aliphatic hydroxyl groups is 1. The van der Waals surface area contributed by atoms with E-state index < -0.39 is 5.60 Å². The first-order chi connectivity index (χ1) is 13.5. The normalized spacial score (nSPS) is 17.2. The lowest BCUT2D eigenvalue weighted by Gasteiger charge is -2.07. The third-order valence-electron chi connectivity index (χ3n) is 4.94. The molecule has 1 aliphatic carbocycles. The van der Waals surface area contributed by atoms with Gasteiger partial charge in [0.1, 0.15) is 0 Å². The molecule has 2 aromatic rings.